The summed E-state index contributed by atoms with van der Waals surface area (Å²) in [6, 6.07) is 57.2. The molecule has 0 aliphatic carbocycles. The molecule has 7 rings (SSSR count). The number of hydrogen-bond acceptors (Lipinski definition) is 4. The van der Waals surface area contributed by atoms with Crippen molar-refractivity contribution in [3.05, 3.63) is 192 Å². The Bertz CT molecular complexity index is 2010. The van der Waals surface area contributed by atoms with Crippen LogP contribution in [0.3, 0.4) is 0 Å². The molecular weight excluding hydrogens is 588 g/mol. The number of rotatable bonds is 10. The zero-order valence-corrected chi connectivity index (χ0v) is 26.6. The van der Waals surface area contributed by atoms with Crippen LogP contribution in [0.4, 0.5) is 11.4 Å². The van der Waals surface area contributed by atoms with Gasteiger partial charge in [0.25, 0.3) is 0 Å². The molecule has 0 fully saturated rings. The Hall–Kier alpha value is -6.26. The minimum Gasteiger partial charge on any atom is -0.455 e. The Morgan fingerprint density at radius 3 is 1.17 bits per heavy atom. The molecule has 4 nitrogen and oxygen atoms in total. The van der Waals surface area contributed by atoms with Gasteiger partial charge >= 0.3 is 0 Å². The number of benzene rings is 7. The minimum atomic E-state index is 0.607. The number of nitrogens with two attached hydrogens (primary N) is 2. The summed E-state index contributed by atoms with van der Waals surface area (Å²) in [6.45, 7) is 0. The van der Waals surface area contributed by atoms with E-state index < -0.39 is 0 Å². The SMILES string of the molecule is Nc1cc(Cc2cccc(Cc3ccc(Oc4ccccc4-c4ccccc4)c(N)c3)c2)ccc1Oc1ccccc1-c1ccccc1. The van der Waals surface area contributed by atoms with Gasteiger partial charge in [0, 0.05) is 11.1 Å². The molecule has 0 spiro atoms. The minimum absolute atomic E-state index is 0.607. The molecule has 234 valence electrons. The van der Waals surface area contributed by atoms with E-state index in [0.717, 1.165) is 57.7 Å². The lowest BCUT2D eigenvalue weighted by atomic mass is 9.98. The van der Waals surface area contributed by atoms with Crippen LogP contribution in [0, 0.1) is 0 Å². The first kappa shape index (κ1) is 30.4. The van der Waals surface area contributed by atoms with E-state index in [1.165, 1.54) is 11.1 Å². The summed E-state index contributed by atoms with van der Waals surface area (Å²) in [5.41, 5.74) is 23.1. The summed E-state index contributed by atoms with van der Waals surface area (Å²) in [5.74, 6) is 2.83. The highest BCUT2D eigenvalue weighted by molar-refractivity contribution is 5.72. The van der Waals surface area contributed by atoms with Gasteiger partial charge in [-0.3, -0.25) is 0 Å². The van der Waals surface area contributed by atoms with Crippen LogP contribution >= 0.6 is 0 Å². The van der Waals surface area contributed by atoms with E-state index in [4.69, 9.17) is 20.9 Å². The zero-order chi connectivity index (χ0) is 32.7. The third-order valence-corrected chi connectivity index (χ3v) is 8.34. The molecule has 0 atom stereocenters. The standard InChI is InChI=1S/C44H36N2O2/c45-39-29-33(22-24-43(39)47-41-20-9-7-18-37(41)35-14-3-1-4-15-35)27-31-12-11-13-32(26-31)28-34-23-25-44(40(46)30-34)48-42-21-10-8-19-38(42)36-16-5-2-6-17-36/h1-26,29-30H,27-28,45-46H2. The fourth-order valence-electron chi connectivity index (χ4n) is 5.98. The molecule has 0 amide bonds. The topological polar surface area (TPSA) is 70.5 Å². The van der Waals surface area contributed by atoms with Crippen molar-refractivity contribution in [3.8, 4) is 45.3 Å². The van der Waals surface area contributed by atoms with Crippen LogP contribution < -0.4 is 20.9 Å². The second-order valence-electron chi connectivity index (χ2n) is 11.8. The Labute approximate surface area is 281 Å². The predicted molar refractivity (Wildman–Crippen MR) is 198 cm³/mol. The van der Waals surface area contributed by atoms with E-state index in [0.29, 0.717) is 22.9 Å². The van der Waals surface area contributed by atoms with E-state index >= 15 is 0 Å². The number of hydrogen-bond donors (Lipinski definition) is 2. The van der Waals surface area contributed by atoms with Crippen LogP contribution in [0.5, 0.6) is 23.0 Å². The van der Waals surface area contributed by atoms with Crippen LogP contribution in [0.2, 0.25) is 0 Å². The molecule has 4 heteroatoms. The maximum Gasteiger partial charge on any atom is 0.150 e. The van der Waals surface area contributed by atoms with Crippen molar-refractivity contribution in [2.24, 2.45) is 0 Å². The summed E-state index contributed by atoms with van der Waals surface area (Å²) >= 11 is 0. The summed E-state index contributed by atoms with van der Waals surface area (Å²) in [4.78, 5) is 0. The number of para-hydroxylation sites is 2. The van der Waals surface area contributed by atoms with Gasteiger partial charge in [-0.25, -0.2) is 0 Å². The first-order chi connectivity index (χ1) is 23.6. The maximum atomic E-state index is 6.51. The van der Waals surface area contributed by atoms with Crippen LogP contribution in [-0.2, 0) is 12.8 Å². The Morgan fingerprint density at radius 1 is 0.333 bits per heavy atom. The monoisotopic (exact) mass is 624 g/mol. The second kappa shape index (κ2) is 14.0. The molecule has 7 aromatic rings. The van der Waals surface area contributed by atoms with E-state index in [9.17, 15) is 0 Å². The molecule has 0 heterocycles. The average Bonchev–Trinajstić information content (AvgIpc) is 3.12. The van der Waals surface area contributed by atoms with Gasteiger partial charge in [-0.2, -0.15) is 0 Å². The molecule has 0 aliphatic heterocycles. The van der Waals surface area contributed by atoms with Gasteiger partial charge < -0.3 is 20.9 Å². The second-order valence-corrected chi connectivity index (χ2v) is 11.8. The van der Waals surface area contributed by atoms with Crippen LogP contribution in [0.15, 0.2) is 170 Å². The summed E-state index contributed by atoms with van der Waals surface area (Å²) < 4.78 is 12.6. The molecule has 4 N–H and O–H groups in total. The third kappa shape index (κ3) is 7.09. The van der Waals surface area contributed by atoms with Crippen molar-refractivity contribution in [2.45, 2.75) is 12.8 Å². The van der Waals surface area contributed by atoms with Crippen molar-refractivity contribution in [1.82, 2.24) is 0 Å². The quantitative estimate of drug-likeness (QED) is 0.149. The molecule has 0 radical (unpaired) electrons. The Kier molecular flexibility index (Phi) is 8.88. The summed E-state index contributed by atoms with van der Waals surface area (Å²) in [6.07, 6.45) is 1.52. The molecule has 0 saturated carbocycles. The van der Waals surface area contributed by atoms with Crippen molar-refractivity contribution in [3.63, 3.8) is 0 Å². The van der Waals surface area contributed by atoms with E-state index in [2.05, 4.69) is 72.8 Å². The largest absolute Gasteiger partial charge is 0.455 e. The predicted octanol–water partition coefficient (Wildman–Crippen LogP) is 11.0. The highest BCUT2D eigenvalue weighted by Gasteiger charge is 2.12. The van der Waals surface area contributed by atoms with Crippen molar-refractivity contribution >= 4 is 11.4 Å². The highest BCUT2D eigenvalue weighted by Crippen LogP contribution is 2.37. The van der Waals surface area contributed by atoms with Gasteiger partial charge in [0.15, 0.2) is 0 Å². The molecule has 0 bridgehead atoms. The Morgan fingerprint density at radius 2 is 0.729 bits per heavy atom. The lowest BCUT2D eigenvalue weighted by Gasteiger charge is -2.14. The lowest BCUT2D eigenvalue weighted by molar-refractivity contribution is 0.486. The Balaban J connectivity index is 1.02. The molecule has 7 aromatic carbocycles. The van der Waals surface area contributed by atoms with Crippen molar-refractivity contribution < 1.29 is 9.47 Å². The van der Waals surface area contributed by atoms with Gasteiger partial charge in [0.05, 0.1) is 11.4 Å². The number of anilines is 2. The van der Waals surface area contributed by atoms with Crippen LogP contribution in [-0.4, -0.2) is 0 Å². The zero-order valence-electron chi connectivity index (χ0n) is 26.6. The molecular formula is C44H36N2O2. The van der Waals surface area contributed by atoms with Crippen molar-refractivity contribution in [2.75, 3.05) is 11.5 Å². The molecule has 48 heavy (non-hydrogen) atoms. The number of ether oxygens (including phenoxy) is 2. The summed E-state index contributed by atoms with van der Waals surface area (Å²) in [7, 11) is 0. The van der Waals surface area contributed by atoms with E-state index in [-0.39, 0.29) is 0 Å². The smallest absolute Gasteiger partial charge is 0.150 e. The summed E-state index contributed by atoms with van der Waals surface area (Å²) in [5, 5.41) is 0. The first-order valence-electron chi connectivity index (χ1n) is 16.1. The lowest BCUT2D eigenvalue weighted by Crippen LogP contribution is -1.98. The van der Waals surface area contributed by atoms with Gasteiger partial charge in [-0.15, -0.1) is 0 Å². The normalized spacial score (nSPS) is 10.8. The first-order valence-corrected chi connectivity index (χ1v) is 16.1. The fraction of sp³-hybridized carbons (Fsp3) is 0.0455. The van der Waals surface area contributed by atoms with Crippen LogP contribution in [0.25, 0.3) is 22.3 Å². The molecule has 0 aromatic heterocycles. The molecule has 0 aliphatic rings. The molecule has 0 saturated heterocycles. The fourth-order valence-corrected chi connectivity index (χ4v) is 5.98. The molecule has 0 unspecified atom stereocenters. The van der Waals surface area contributed by atoms with Gasteiger partial charge in [0.1, 0.15) is 23.0 Å². The van der Waals surface area contributed by atoms with Crippen LogP contribution in [0.1, 0.15) is 22.3 Å². The van der Waals surface area contributed by atoms with Crippen molar-refractivity contribution in [1.29, 1.82) is 0 Å². The highest BCUT2D eigenvalue weighted by atomic mass is 16.5. The maximum absolute atomic E-state index is 6.51. The van der Waals surface area contributed by atoms with Gasteiger partial charge in [0.2, 0.25) is 0 Å². The van der Waals surface area contributed by atoms with E-state index in [1.807, 2.05) is 97.1 Å². The van der Waals surface area contributed by atoms with Gasteiger partial charge in [-0.1, -0.05) is 133 Å². The third-order valence-electron chi connectivity index (χ3n) is 8.34. The van der Waals surface area contributed by atoms with Gasteiger partial charge in [-0.05, 0) is 82.6 Å². The number of nitrogen functional groups attached to an aromatic ring is 2. The average molecular weight is 625 g/mol. The van der Waals surface area contributed by atoms with E-state index in [1.54, 1.807) is 0 Å².